The van der Waals surface area contributed by atoms with Crippen LogP contribution >= 0.6 is 11.3 Å². The number of halogens is 1. The van der Waals surface area contributed by atoms with E-state index in [0.717, 1.165) is 16.3 Å². The molecule has 2 heterocycles. The molecule has 0 aliphatic rings. The quantitative estimate of drug-likeness (QED) is 0.232. The lowest BCUT2D eigenvalue weighted by atomic mass is 10.1. The van der Waals surface area contributed by atoms with Crippen LogP contribution in [0.25, 0.3) is 21.2 Å². The number of fused-ring (bicyclic) bond motifs is 2. The van der Waals surface area contributed by atoms with E-state index in [1.54, 1.807) is 42.5 Å². The number of nitrogens with zero attached hydrogens (tertiary/aromatic N) is 3. The predicted octanol–water partition coefficient (Wildman–Crippen LogP) is 5.24. The second kappa shape index (κ2) is 9.59. The Morgan fingerprint density at radius 3 is 2.75 bits per heavy atom. The fraction of sp³-hybridized carbons (Fsp3) is 0.0769. The molecule has 180 valence electrons. The van der Waals surface area contributed by atoms with Gasteiger partial charge >= 0.3 is 0 Å². The zero-order chi connectivity index (χ0) is 25.2. The lowest BCUT2D eigenvalue weighted by molar-refractivity contribution is 0.0984. The average Bonchev–Trinajstić information content (AvgIpc) is 3.32. The Morgan fingerprint density at radius 1 is 1.11 bits per heavy atom. The van der Waals surface area contributed by atoms with Gasteiger partial charge < -0.3 is 13.9 Å². The highest BCUT2D eigenvalue weighted by molar-refractivity contribution is 7.22. The van der Waals surface area contributed by atoms with Gasteiger partial charge in [0.2, 0.25) is 10.6 Å². The summed E-state index contributed by atoms with van der Waals surface area (Å²) in [6.07, 6.45) is 2.51. The van der Waals surface area contributed by atoms with Crippen molar-refractivity contribution in [2.24, 2.45) is 5.10 Å². The first-order chi connectivity index (χ1) is 17.5. The Bertz CT molecular complexity index is 1690. The molecule has 36 heavy (non-hydrogen) atoms. The molecule has 10 heteroatoms. The predicted molar refractivity (Wildman–Crippen MR) is 136 cm³/mol. The number of ether oxygens (including phenoxy) is 2. The third kappa shape index (κ3) is 4.18. The summed E-state index contributed by atoms with van der Waals surface area (Å²) in [4.78, 5) is 31.1. The zero-order valence-electron chi connectivity index (χ0n) is 19.1. The minimum atomic E-state index is -0.591. The molecule has 0 aliphatic carbocycles. The molecule has 8 nitrogen and oxygen atoms in total. The average molecular weight is 504 g/mol. The number of para-hydroxylation sites is 2. The Hall–Kier alpha value is -4.57. The minimum absolute atomic E-state index is 0.135. The van der Waals surface area contributed by atoms with E-state index in [4.69, 9.17) is 13.9 Å². The van der Waals surface area contributed by atoms with E-state index in [2.05, 4.69) is 10.1 Å². The second-order valence-corrected chi connectivity index (χ2v) is 8.54. The van der Waals surface area contributed by atoms with E-state index in [-0.39, 0.29) is 27.4 Å². The first-order valence-corrected chi connectivity index (χ1v) is 11.5. The van der Waals surface area contributed by atoms with Crippen LogP contribution in [0, 0.1) is 5.82 Å². The molecule has 0 radical (unpaired) electrons. The third-order valence-corrected chi connectivity index (χ3v) is 6.36. The molecule has 0 fully saturated rings. The fourth-order valence-corrected chi connectivity index (χ4v) is 4.58. The van der Waals surface area contributed by atoms with E-state index in [0.29, 0.717) is 26.9 Å². The SMILES string of the molecule is COc1cccc(C(=O)N(/N=C/c2coc3ccccc3c2=O)c2nc3ccc(F)cc3s2)c1OC. The maximum Gasteiger partial charge on any atom is 0.284 e. The summed E-state index contributed by atoms with van der Waals surface area (Å²) in [5.74, 6) is -0.453. The number of thiazole rings is 1. The summed E-state index contributed by atoms with van der Waals surface area (Å²) in [5, 5.41) is 5.90. The standard InChI is InChI=1S/C26H18FN3O5S/c1-33-21-9-5-7-18(24(21)34-2)25(32)30(26-29-19-11-10-16(27)12-22(19)36-26)28-13-15-14-35-20-8-4-3-6-17(20)23(15)31/h3-14H,1-2H3/b28-13+. The summed E-state index contributed by atoms with van der Waals surface area (Å²) in [7, 11) is 2.88. The Morgan fingerprint density at radius 2 is 1.94 bits per heavy atom. The van der Waals surface area contributed by atoms with Crippen LogP contribution in [0.15, 0.2) is 81.2 Å². The number of methoxy groups -OCH3 is 2. The molecule has 5 rings (SSSR count). The number of hydrogen-bond donors (Lipinski definition) is 0. The molecule has 0 saturated heterocycles. The van der Waals surface area contributed by atoms with E-state index in [9.17, 15) is 14.0 Å². The largest absolute Gasteiger partial charge is 0.493 e. The number of benzene rings is 3. The van der Waals surface area contributed by atoms with Crippen molar-refractivity contribution < 1.29 is 23.1 Å². The number of carbonyl (C=O) groups is 1. The first-order valence-electron chi connectivity index (χ1n) is 10.7. The molecule has 2 aromatic heterocycles. The number of carbonyl (C=O) groups excluding carboxylic acids is 1. The maximum absolute atomic E-state index is 13.8. The molecule has 0 bridgehead atoms. The number of aromatic nitrogens is 1. The van der Waals surface area contributed by atoms with Crippen molar-refractivity contribution in [1.29, 1.82) is 0 Å². The molecule has 0 saturated carbocycles. The van der Waals surface area contributed by atoms with Crippen molar-refractivity contribution >= 4 is 49.8 Å². The number of hydrazone groups is 1. The zero-order valence-corrected chi connectivity index (χ0v) is 19.9. The topological polar surface area (TPSA) is 94.2 Å². The van der Waals surface area contributed by atoms with E-state index in [1.807, 2.05) is 0 Å². The summed E-state index contributed by atoms with van der Waals surface area (Å²) in [6.45, 7) is 0. The fourth-order valence-electron chi connectivity index (χ4n) is 3.64. The van der Waals surface area contributed by atoms with Crippen LogP contribution < -0.4 is 19.9 Å². The van der Waals surface area contributed by atoms with Crippen LogP contribution in [-0.2, 0) is 0 Å². The normalized spacial score (nSPS) is 11.3. The smallest absolute Gasteiger partial charge is 0.284 e. The van der Waals surface area contributed by atoms with Crippen LogP contribution in [0.5, 0.6) is 11.5 Å². The Labute approximate surface area is 207 Å². The summed E-state index contributed by atoms with van der Waals surface area (Å²) in [5.41, 5.74) is 0.911. The van der Waals surface area contributed by atoms with Crippen molar-refractivity contribution in [3.63, 3.8) is 0 Å². The van der Waals surface area contributed by atoms with Crippen molar-refractivity contribution in [2.75, 3.05) is 19.2 Å². The number of amides is 1. The monoisotopic (exact) mass is 503 g/mol. The van der Waals surface area contributed by atoms with Gasteiger partial charge in [-0.3, -0.25) is 9.59 Å². The molecule has 1 amide bonds. The highest BCUT2D eigenvalue weighted by Crippen LogP contribution is 2.35. The van der Waals surface area contributed by atoms with Gasteiger partial charge in [0.15, 0.2) is 11.5 Å². The lowest BCUT2D eigenvalue weighted by Gasteiger charge is -2.17. The van der Waals surface area contributed by atoms with Crippen LogP contribution in [0.3, 0.4) is 0 Å². The highest BCUT2D eigenvalue weighted by atomic mass is 32.1. The molecular weight excluding hydrogens is 485 g/mol. The van der Waals surface area contributed by atoms with E-state index < -0.39 is 11.7 Å². The molecular formula is C26H18FN3O5S. The van der Waals surface area contributed by atoms with Crippen LogP contribution in [0.2, 0.25) is 0 Å². The van der Waals surface area contributed by atoms with Gasteiger partial charge in [-0.15, -0.1) is 0 Å². The van der Waals surface area contributed by atoms with Crippen LogP contribution in [-0.4, -0.2) is 31.3 Å². The molecule has 0 unspecified atom stereocenters. The Kier molecular flexibility index (Phi) is 6.17. The molecule has 5 aromatic rings. The maximum atomic E-state index is 13.8. The van der Waals surface area contributed by atoms with Gasteiger partial charge in [-0.1, -0.05) is 29.5 Å². The number of rotatable bonds is 6. The van der Waals surface area contributed by atoms with Crippen molar-refractivity contribution in [3.05, 3.63) is 94.1 Å². The molecule has 0 N–H and O–H groups in total. The Balaban J connectivity index is 1.64. The van der Waals surface area contributed by atoms with Gasteiger partial charge in [0.25, 0.3) is 5.91 Å². The molecule has 0 spiro atoms. The van der Waals surface area contributed by atoms with E-state index >= 15 is 0 Å². The van der Waals surface area contributed by atoms with Gasteiger partial charge in [0.1, 0.15) is 17.7 Å². The molecule has 0 atom stereocenters. The summed E-state index contributed by atoms with van der Waals surface area (Å²) in [6, 6.07) is 15.8. The van der Waals surface area contributed by atoms with Crippen LogP contribution in [0.1, 0.15) is 15.9 Å². The van der Waals surface area contributed by atoms with Gasteiger partial charge in [-0.25, -0.2) is 9.37 Å². The number of anilines is 1. The summed E-state index contributed by atoms with van der Waals surface area (Å²) >= 11 is 1.07. The van der Waals surface area contributed by atoms with Gasteiger partial charge in [0.05, 0.1) is 47.2 Å². The molecule has 0 aliphatic heterocycles. The minimum Gasteiger partial charge on any atom is -0.493 e. The lowest BCUT2D eigenvalue weighted by Crippen LogP contribution is -2.26. The highest BCUT2D eigenvalue weighted by Gasteiger charge is 2.26. The van der Waals surface area contributed by atoms with Gasteiger partial charge in [-0.05, 0) is 42.5 Å². The van der Waals surface area contributed by atoms with Crippen LogP contribution in [0.4, 0.5) is 9.52 Å². The molecule has 3 aromatic carbocycles. The number of hydrogen-bond acceptors (Lipinski definition) is 8. The van der Waals surface area contributed by atoms with Crippen molar-refractivity contribution in [2.45, 2.75) is 0 Å². The van der Waals surface area contributed by atoms with E-state index in [1.165, 1.54) is 44.9 Å². The third-order valence-electron chi connectivity index (χ3n) is 5.37. The first kappa shape index (κ1) is 23.2. The summed E-state index contributed by atoms with van der Waals surface area (Å²) < 4.78 is 30.6. The van der Waals surface area contributed by atoms with Crippen molar-refractivity contribution in [1.82, 2.24) is 4.98 Å². The van der Waals surface area contributed by atoms with Crippen molar-refractivity contribution in [3.8, 4) is 11.5 Å². The second-order valence-electron chi connectivity index (χ2n) is 7.53. The van der Waals surface area contributed by atoms with Gasteiger partial charge in [0, 0.05) is 0 Å². The van der Waals surface area contributed by atoms with Gasteiger partial charge in [-0.2, -0.15) is 10.1 Å².